The molecule has 0 unspecified atom stereocenters. The van der Waals surface area contributed by atoms with Crippen molar-refractivity contribution in [1.82, 2.24) is 0 Å². The van der Waals surface area contributed by atoms with E-state index in [1.165, 1.54) is 0 Å². The SMILES string of the molecule is O=S(=O)([O-])CS(=O)(=O)[O-].O=S(=O)([O-])CS(=O)(=O)[O-].O=S(=O)([O-])CS(=O)(=O)[O-].[Fe+3].[Fe+3]. The predicted octanol–water partition coefficient (Wildman–Crippen LogP) is -5.90. The zero-order chi connectivity index (χ0) is 23.1. The van der Waals surface area contributed by atoms with Gasteiger partial charge in [0.15, 0.2) is 0 Å². The molecule has 0 aromatic rings. The summed E-state index contributed by atoms with van der Waals surface area (Å²) in [4.78, 5) is 0. The van der Waals surface area contributed by atoms with Crippen molar-refractivity contribution in [3.8, 4) is 0 Å². The Labute approximate surface area is 186 Å². The van der Waals surface area contributed by atoms with Crippen molar-refractivity contribution in [3.05, 3.63) is 0 Å². The molecule has 0 aliphatic carbocycles. The molecule has 0 bridgehead atoms. The fraction of sp³-hybridized carbons (Fsp3) is 1.00. The van der Waals surface area contributed by atoms with Crippen molar-refractivity contribution in [2.75, 3.05) is 15.3 Å². The maximum absolute atomic E-state index is 9.51. The molecule has 0 spiro atoms. The van der Waals surface area contributed by atoms with E-state index in [1.54, 1.807) is 0 Å². The average molecular weight is 634 g/mol. The third kappa shape index (κ3) is 58.5. The summed E-state index contributed by atoms with van der Waals surface area (Å²) >= 11 is 0. The van der Waals surface area contributed by atoms with Crippen LogP contribution in [-0.2, 0) is 94.8 Å². The topological polar surface area (TPSA) is 343 Å². The van der Waals surface area contributed by atoms with Gasteiger partial charge in [-0.15, -0.1) is 0 Å². The zero-order valence-electron chi connectivity index (χ0n) is 12.6. The van der Waals surface area contributed by atoms with Crippen LogP contribution >= 0.6 is 0 Å². The van der Waals surface area contributed by atoms with Crippen LogP contribution < -0.4 is 0 Å². The van der Waals surface area contributed by atoms with Gasteiger partial charge in [-0.05, 0) is 0 Å². The third-order valence-corrected chi connectivity index (χ3v) is 7.79. The van der Waals surface area contributed by atoms with Gasteiger partial charge in [0.05, 0.1) is 0 Å². The van der Waals surface area contributed by atoms with Crippen molar-refractivity contribution in [2.24, 2.45) is 0 Å². The molecular formula is C3H6Fe2O18S6. The molecule has 178 valence electrons. The van der Waals surface area contributed by atoms with Gasteiger partial charge in [0, 0.05) is 0 Å². The van der Waals surface area contributed by atoms with E-state index >= 15 is 0 Å². The first-order valence-electron chi connectivity index (χ1n) is 4.73. The largest absolute Gasteiger partial charge is 3.00 e. The van der Waals surface area contributed by atoms with Gasteiger partial charge >= 0.3 is 34.1 Å². The van der Waals surface area contributed by atoms with Crippen LogP contribution in [0.2, 0.25) is 0 Å². The maximum Gasteiger partial charge on any atom is 3.00 e. The van der Waals surface area contributed by atoms with E-state index in [2.05, 4.69) is 0 Å². The second-order valence-corrected chi connectivity index (χ2v) is 13.2. The minimum atomic E-state index is -4.93. The molecule has 29 heavy (non-hydrogen) atoms. The van der Waals surface area contributed by atoms with E-state index in [1.807, 2.05) is 0 Å². The first kappa shape index (κ1) is 39.9. The van der Waals surface area contributed by atoms with Gasteiger partial charge in [-0.25, -0.2) is 50.5 Å². The third-order valence-electron chi connectivity index (χ3n) is 0.866. The van der Waals surface area contributed by atoms with E-state index in [0.717, 1.165) is 0 Å². The summed E-state index contributed by atoms with van der Waals surface area (Å²) in [7, 11) is -29.6. The molecular weight excluding hydrogens is 628 g/mol. The Kier molecular flexibility index (Phi) is 19.0. The molecule has 0 aromatic carbocycles. The van der Waals surface area contributed by atoms with Crippen molar-refractivity contribution in [2.45, 2.75) is 0 Å². The monoisotopic (exact) mass is 634 g/mol. The molecule has 0 fully saturated rings. The second-order valence-electron chi connectivity index (χ2n) is 3.70. The van der Waals surface area contributed by atoms with Crippen LogP contribution in [0.4, 0.5) is 0 Å². The Morgan fingerprint density at radius 3 is 0.379 bits per heavy atom. The molecule has 18 nitrogen and oxygen atoms in total. The van der Waals surface area contributed by atoms with Gasteiger partial charge in [-0.1, -0.05) is 0 Å². The van der Waals surface area contributed by atoms with Gasteiger partial charge in [0.2, 0.25) is 0 Å². The zero-order valence-corrected chi connectivity index (χ0v) is 19.7. The quantitative estimate of drug-likeness (QED) is 0.194. The molecule has 0 atom stereocenters. The molecule has 0 heterocycles. The number of hydrogen-bond donors (Lipinski definition) is 0. The van der Waals surface area contributed by atoms with E-state index in [4.69, 9.17) is 0 Å². The molecule has 26 heteroatoms. The first-order valence-corrected chi connectivity index (χ1v) is 14.2. The summed E-state index contributed by atoms with van der Waals surface area (Å²) in [5.74, 6) is 0. The Morgan fingerprint density at radius 2 is 0.379 bits per heavy atom. The van der Waals surface area contributed by atoms with Crippen LogP contribution in [-0.4, -0.2) is 93.1 Å². The fourth-order valence-electron chi connectivity index (χ4n) is 0.530. The van der Waals surface area contributed by atoms with Gasteiger partial charge in [0.25, 0.3) is 0 Å². The Balaban J connectivity index is -0.0000000960. The number of rotatable bonds is 6. The molecule has 0 amide bonds. The minimum absolute atomic E-state index is 0. The summed E-state index contributed by atoms with van der Waals surface area (Å²) in [6.07, 6.45) is 0. The van der Waals surface area contributed by atoms with Crippen LogP contribution in [0.5, 0.6) is 0 Å². The molecule has 0 aromatic heterocycles. The molecule has 0 aliphatic heterocycles. The summed E-state index contributed by atoms with van der Waals surface area (Å²) in [5.41, 5.74) is 0. The Bertz CT molecular complexity index is 866. The van der Waals surface area contributed by atoms with Crippen molar-refractivity contribution < 1.29 is 112 Å². The van der Waals surface area contributed by atoms with E-state index in [0.29, 0.717) is 0 Å². The van der Waals surface area contributed by atoms with Crippen molar-refractivity contribution >= 4 is 60.7 Å². The smallest absolute Gasteiger partial charge is 0.747 e. The van der Waals surface area contributed by atoms with E-state index in [9.17, 15) is 77.8 Å². The van der Waals surface area contributed by atoms with Crippen molar-refractivity contribution in [1.29, 1.82) is 0 Å². The molecule has 0 saturated carbocycles. The maximum atomic E-state index is 9.51. The standard InChI is InChI=1S/3CH4O6S2.2Fe/c3*2-8(3,4)1-9(5,6)7;;/h3*1H2,(H,2,3,4)(H,5,6,7);;/q;;;2*+3/p-6. The van der Waals surface area contributed by atoms with E-state index < -0.39 is 76.0 Å². The van der Waals surface area contributed by atoms with Gasteiger partial charge in [-0.2, -0.15) is 0 Å². The van der Waals surface area contributed by atoms with Crippen LogP contribution in [0, 0.1) is 0 Å². The summed E-state index contributed by atoms with van der Waals surface area (Å²) in [6.45, 7) is 0. The van der Waals surface area contributed by atoms with Crippen LogP contribution in [0.15, 0.2) is 0 Å². The summed E-state index contributed by atoms with van der Waals surface area (Å²) in [6, 6.07) is 0. The second kappa shape index (κ2) is 13.8. The van der Waals surface area contributed by atoms with Gasteiger partial charge in [0.1, 0.15) is 76.0 Å². The predicted molar refractivity (Wildman–Crippen MR) is 72.8 cm³/mol. The van der Waals surface area contributed by atoms with Crippen molar-refractivity contribution in [3.63, 3.8) is 0 Å². The molecule has 2 radical (unpaired) electrons. The van der Waals surface area contributed by atoms with Gasteiger partial charge < -0.3 is 27.3 Å². The number of hydrogen-bond acceptors (Lipinski definition) is 18. The molecule has 0 aliphatic rings. The summed E-state index contributed by atoms with van der Waals surface area (Å²) < 4.78 is 171. The molecule has 0 saturated heterocycles. The van der Waals surface area contributed by atoms with Crippen LogP contribution in [0.25, 0.3) is 0 Å². The fourth-order valence-corrected chi connectivity index (χ4v) is 4.77. The van der Waals surface area contributed by atoms with Crippen LogP contribution in [0.3, 0.4) is 0 Å². The minimum Gasteiger partial charge on any atom is -0.747 e. The summed E-state index contributed by atoms with van der Waals surface area (Å²) in [5, 5.41) is -5.62. The Hall–Kier alpha value is 0.499. The normalized spacial score (nSPS) is 12.6. The first-order chi connectivity index (χ1) is 11.1. The Morgan fingerprint density at radius 1 is 0.310 bits per heavy atom. The average Bonchev–Trinajstić information content (AvgIpc) is 1.96. The van der Waals surface area contributed by atoms with Crippen LogP contribution in [0.1, 0.15) is 0 Å². The van der Waals surface area contributed by atoms with E-state index in [-0.39, 0.29) is 34.1 Å². The molecule has 0 N–H and O–H groups in total. The van der Waals surface area contributed by atoms with Gasteiger partial charge in [-0.3, -0.25) is 0 Å². The molecule has 0 rings (SSSR count).